The van der Waals surface area contributed by atoms with Crippen LogP contribution in [-0.4, -0.2) is 20.2 Å². The minimum Gasteiger partial charge on any atom is -0.454 e. The third-order valence-corrected chi connectivity index (χ3v) is 4.93. The van der Waals surface area contributed by atoms with Gasteiger partial charge in [0.2, 0.25) is 10.5 Å². The maximum absolute atomic E-state index is 5.21. The first-order chi connectivity index (χ1) is 10.4. The molecule has 0 N–H and O–H groups in total. The van der Waals surface area contributed by atoms with Crippen LogP contribution in [0.3, 0.4) is 0 Å². The molecule has 1 nitrogen and oxygen atoms in total. The van der Waals surface area contributed by atoms with Crippen LogP contribution in [0, 0.1) is 0 Å². The van der Waals surface area contributed by atoms with Crippen molar-refractivity contribution in [1.82, 2.24) is 0 Å². The fourth-order valence-corrected chi connectivity index (χ4v) is 3.93. The van der Waals surface area contributed by atoms with E-state index in [-0.39, 0.29) is 21.1 Å². The summed E-state index contributed by atoms with van der Waals surface area (Å²) in [6.45, 7) is 0. The second-order valence-electron chi connectivity index (χ2n) is 5.09. The van der Waals surface area contributed by atoms with Crippen molar-refractivity contribution < 1.29 is 25.2 Å². The Balaban J connectivity index is 0.00000144. The molecule has 0 aliphatic carbocycles. The number of benzene rings is 4. The van der Waals surface area contributed by atoms with Crippen LogP contribution in [0.1, 0.15) is 0 Å². The first kappa shape index (κ1) is 15.6. The standard InChI is InChI=1S/C18H11OSi2.Pt/c20-19-21-17-7-3-6-12-8-9-15-10-13-4-1-2-5-14(13)11-16(15)18(12)17;/h1-11H;. The second kappa shape index (κ2) is 6.47. The minimum absolute atomic E-state index is 0. The van der Waals surface area contributed by atoms with Gasteiger partial charge in [-0.25, -0.2) is 0 Å². The molecule has 0 fully saturated rings. The Hall–Kier alpha value is -1.26. The van der Waals surface area contributed by atoms with E-state index in [1.807, 2.05) is 0 Å². The maximum atomic E-state index is 5.21. The molecule has 0 atom stereocenters. The summed E-state index contributed by atoms with van der Waals surface area (Å²) in [4.78, 5) is 0. The monoisotopic (exact) mass is 494 g/mol. The van der Waals surface area contributed by atoms with E-state index >= 15 is 0 Å². The van der Waals surface area contributed by atoms with Crippen molar-refractivity contribution in [3.63, 3.8) is 0 Å². The summed E-state index contributed by atoms with van der Waals surface area (Å²) in [7, 11) is 3.43. The summed E-state index contributed by atoms with van der Waals surface area (Å²) in [6.07, 6.45) is 0. The van der Waals surface area contributed by atoms with Crippen LogP contribution in [0.5, 0.6) is 0 Å². The predicted octanol–water partition coefficient (Wildman–Crippen LogP) is 3.49. The molecular weight excluding hydrogens is 483 g/mol. The molecule has 0 aliphatic rings. The zero-order valence-corrected chi connectivity index (χ0v) is 15.8. The van der Waals surface area contributed by atoms with Gasteiger partial charge in [-0.3, -0.25) is 0 Å². The Morgan fingerprint density at radius 3 is 2.18 bits per heavy atom. The molecular formula is C18H11OPtSi2. The van der Waals surface area contributed by atoms with E-state index in [0.717, 1.165) is 0 Å². The fraction of sp³-hybridized carbons (Fsp3) is 0. The van der Waals surface area contributed by atoms with Crippen molar-refractivity contribution in [1.29, 1.82) is 0 Å². The Morgan fingerprint density at radius 2 is 1.41 bits per heavy atom. The molecule has 0 bridgehead atoms. The van der Waals surface area contributed by atoms with Crippen LogP contribution in [0.25, 0.3) is 32.3 Å². The Bertz CT molecular complexity index is 969. The van der Waals surface area contributed by atoms with Gasteiger partial charge < -0.3 is 4.12 Å². The van der Waals surface area contributed by atoms with Crippen LogP contribution >= 0.6 is 0 Å². The third kappa shape index (κ3) is 2.59. The molecule has 4 aromatic rings. The van der Waals surface area contributed by atoms with Gasteiger partial charge in [-0.15, -0.1) is 0 Å². The largest absolute Gasteiger partial charge is 0.454 e. The van der Waals surface area contributed by atoms with Crippen molar-refractivity contribution in [2.45, 2.75) is 0 Å². The normalized spacial score (nSPS) is 11.0. The van der Waals surface area contributed by atoms with Crippen molar-refractivity contribution in [3.05, 3.63) is 66.7 Å². The van der Waals surface area contributed by atoms with Crippen LogP contribution < -0.4 is 5.19 Å². The average molecular weight is 495 g/mol. The molecule has 5 radical (unpaired) electrons. The topological polar surface area (TPSA) is 9.23 Å². The smallest absolute Gasteiger partial charge is 0.257 e. The summed E-state index contributed by atoms with van der Waals surface area (Å²) in [5.41, 5.74) is 0. The minimum atomic E-state index is 0. The first-order valence-corrected chi connectivity index (χ1v) is 8.11. The van der Waals surface area contributed by atoms with Crippen LogP contribution in [0.4, 0.5) is 0 Å². The molecule has 0 aromatic heterocycles. The van der Waals surface area contributed by atoms with Gasteiger partial charge in [-0.2, -0.15) is 0 Å². The zero-order chi connectivity index (χ0) is 14.2. The van der Waals surface area contributed by atoms with Gasteiger partial charge in [0.15, 0.2) is 0 Å². The molecule has 4 rings (SSSR count). The molecule has 107 valence electrons. The van der Waals surface area contributed by atoms with E-state index in [9.17, 15) is 0 Å². The summed E-state index contributed by atoms with van der Waals surface area (Å²) in [5, 5.41) is 8.88. The quantitative estimate of drug-likeness (QED) is 0.236. The Kier molecular flexibility index (Phi) is 4.60. The van der Waals surface area contributed by atoms with Crippen molar-refractivity contribution in [2.75, 3.05) is 0 Å². The van der Waals surface area contributed by atoms with Crippen LogP contribution in [0.15, 0.2) is 66.7 Å². The molecule has 0 aliphatic heterocycles. The van der Waals surface area contributed by atoms with Gasteiger partial charge in [0.1, 0.15) is 0 Å². The second-order valence-corrected chi connectivity index (χ2v) is 6.65. The molecule has 22 heavy (non-hydrogen) atoms. The SMILES string of the molecule is [Pt].[Si]O[Si]c1cccc2ccc3cc4ccccc4cc3c12. The van der Waals surface area contributed by atoms with Gasteiger partial charge in [0.25, 0.3) is 9.76 Å². The van der Waals surface area contributed by atoms with E-state index in [0.29, 0.717) is 9.76 Å². The van der Waals surface area contributed by atoms with Crippen LogP contribution in [-0.2, 0) is 25.2 Å². The van der Waals surface area contributed by atoms with E-state index < -0.39 is 0 Å². The van der Waals surface area contributed by atoms with Gasteiger partial charge >= 0.3 is 0 Å². The van der Waals surface area contributed by atoms with Gasteiger partial charge in [0.05, 0.1) is 0 Å². The first-order valence-electron chi connectivity index (χ1n) is 6.79. The Morgan fingerprint density at radius 1 is 0.727 bits per heavy atom. The number of hydrogen-bond donors (Lipinski definition) is 0. The van der Waals surface area contributed by atoms with Crippen molar-refractivity contribution >= 4 is 57.8 Å². The zero-order valence-electron chi connectivity index (χ0n) is 11.6. The molecule has 0 saturated carbocycles. The molecule has 0 saturated heterocycles. The van der Waals surface area contributed by atoms with E-state index in [1.165, 1.54) is 37.5 Å². The van der Waals surface area contributed by atoms with Gasteiger partial charge in [-0.1, -0.05) is 54.6 Å². The van der Waals surface area contributed by atoms with Gasteiger partial charge in [0, 0.05) is 21.1 Å². The summed E-state index contributed by atoms with van der Waals surface area (Å²) in [5.74, 6) is 0. The average Bonchev–Trinajstić information content (AvgIpc) is 2.53. The van der Waals surface area contributed by atoms with Crippen molar-refractivity contribution in [3.8, 4) is 0 Å². The van der Waals surface area contributed by atoms with E-state index in [4.69, 9.17) is 4.12 Å². The number of rotatable bonds is 2. The number of hydrogen-bond acceptors (Lipinski definition) is 1. The fourth-order valence-electron chi connectivity index (χ4n) is 2.94. The molecule has 0 unspecified atom stereocenters. The van der Waals surface area contributed by atoms with E-state index in [1.54, 1.807) is 0 Å². The number of fused-ring (bicyclic) bond motifs is 4. The molecule has 4 heteroatoms. The summed E-state index contributed by atoms with van der Waals surface area (Å²) >= 11 is 0. The molecule has 0 heterocycles. The summed E-state index contributed by atoms with van der Waals surface area (Å²) in [6, 6.07) is 23.8. The van der Waals surface area contributed by atoms with Crippen molar-refractivity contribution in [2.24, 2.45) is 0 Å². The van der Waals surface area contributed by atoms with E-state index in [2.05, 4.69) is 77.2 Å². The summed E-state index contributed by atoms with van der Waals surface area (Å²) < 4.78 is 5.21. The Labute approximate surface area is 149 Å². The molecule has 4 aromatic carbocycles. The predicted molar refractivity (Wildman–Crippen MR) is 91.2 cm³/mol. The molecule has 0 amide bonds. The molecule has 0 spiro atoms. The van der Waals surface area contributed by atoms with Gasteiger partial charge in [-0.05, 0) is 49.6 Å². The van der Waals surface area contributed by atoms with Crippen LogP contribution in [0.2, 0.25) is 0 Å². The maximum Gasteiger partial charge on any atom is 0.257 e. The third-order valence-electron chi connectivity index (χ3n) is 3.89.